The number of fused-ring (bicyclic) bond motifs is 1. The molecule has 2 N–H and O–H groups in total. The van der Waals surface area contributed by atoms with Gasteiger partial charge in [-0.2, -0.15) is 0 Å². The summed E-state index contributed by atoms with van der Waals surface area (Å²) in [6, 6.07) is 0. The molecule has 0 amide bonds. The molecule has 2 aliphatic heterocycles. The van der Waals surface area contributed by atoms with Crippen molar-refractivity contribution in [1.82, 2.24) is 10.9 Å². The third-order valence-corrected chi connectivity index (χ3v) is 1.35. The number of allylic oxidation sites excluding steroid dienone is 1. The predicted octanol–water partition coefficient (Wildman–Crippen LogP) is -0.0536. The molecule has 46 valence electrons. The van der Waals surface area contributed by atoms with Crippen LogP contribution in [-0.2, 0) is 0 Å². The second-order valence-corrected chi connectivity index (χ2v) is 1.95. The van der Waals surface area contributed by atoms with E-state index < -0.39 is 0 Å². The van der Waals surface area contributed by atoms with Crippen molar-refractivity contribution in [2.75, 3.05) is 6.54 Å². The van der Waals surface area contributed by atoms with E-state index in [0.717, 1.165) is 17.9 Å². The van der Waals surface area contributed by atoms with Crippen LogP contribution in [0, 0.1) is 0 Å². The van der Waals surface area contributed by atoms with Crippen molar-refractivity contribution in [2.45, 2.75) is 0 Å². The maximum Gasteiger partial charge on any atom is 0.0848 e. The summed E-state index contributed by atoms with van der Waals surface area (Å²) in [7, 11) is 0. The van der Waals surface area contributed by atoms with E-state index >= 15 is 0 Å². The number of hydrogen-bond acceptors (Lipinski definition) is 3. The lowest BCUT2D eigenvalue weighted by Gasteiger charge is -2.13. The highest BCUT2D eigenvalue weighted by Crippen LogP contribution is 2.13. The van der Waals surface area contributed by atoms with Gasteiger partial charge in [-0.25, -0.2) is 5.43 Å². The Balaban J connectivity index is 2.38. The number of aliphatic imine (C=N–C) groups is 1. The van der Waals surface area contributed by atoms with Gasteiger partial charge in [-0.05, 0) is 12.2 Å². The van der Waals surface area contributed by atoms with Gasteiger partial charge in [0.05, 0.1) is 11.4 Å². The van der Waals surface area contributed by atoms with Crippen LogP contribution in [0.5, 0.6) is 0 Å². The molecule has 2 rings (SSSR count). The topological polar surface area (TPSA) is 36.4 Å². The van der Waals surface area contributed by atoms with Crippen LogP contribution in [0.25, 0.3) is 0 Å². The first-order valence-corrected chi connectivity index (χ1v) is 2.90. The van der Waals surface area contributed by atoms with E-state index in [9.17, 15) is 0 Å². The lowest BCUT2D eigenvalue weighted by Crippen LogP contribution is -2.34. The summed E-state index contributed by atoms with van der Waals surface area (Å²) in [5, 5.41) is 0. The molecule has 2 aliphatic rings. The summed E-state index contributed by atoms with van der Waals surface area (Å²) in [6.45, 7) is 0.851. The molecule has 0 aromatic carbocycles. The molecule has 0 saturated carbocycles. The largest absolute Gasteiger partial charge is 0.319 e. The highest BCUT2D eigenvalue weighted by Gasteiger charge is 2.09. The summed E-state index contributed by atoms with van der Waals surface area (Å²) in [6.07, 6.45) is 5.78. The fourth-order valence-electron chi connectivity index (χ4n) is 0.909. The Morgan fingerprint density at radius 3 is 3.44 bits per heavy atom. The molecular weight excluding hydrogens is 114 g/mol. The molecule has 0 saturated heterocycles. The van der Waals surface area contributed by atoms with Crippen LogP contribution in [0.1, 0.15) is 0 Å². The average Bonchev–Trinajstić information content (AvgIpc) is 2.33. The highest BCUT2D eigenvalue weighted by atomic mass is 15.4. The minimum Gasteiger partial charge on any atom is -0.319 e. The van der Waals surface area contributed by atoms with Crippen LogP contribution in [0.2, 0.25) is 0 Å². The Kier molecular flexibility index (Phi) is 0.899. The standard InChI is InChI=1S/C6H7N3/c1-3-7-5-2-4-8-9-6(1)5/h1-3,8-9H,4H2. The molecule has 2 heterocycles. The summed E-state index contributed by atoms with van der Waals surface area (Å²) < 4.78 is 0. The first-order chi connectivity index (χ1) is 4.47. The average molecular weight is 121 g/mol. The molecule has 0 spiro atoms. The third kappa shape index (κ3) is 0.658. The van der Waals surface area contributed by atoms with Crippen molar-refractivity contribution in [1.29, 1.82) is 0 Å². The maximum atomic E-state index is 4.10. The van der Waals surface area contributed by atoms with E-state index in [1.54, 1.807) is 6.21 Å². The van der Waals surface area contributed by atoms with Gasteiger partial charge in [-0.3, -0.25) is 4.99 Å². The Bertz CT molecular complexity index is 212. The third-order valence-electron chi connectivity index (χ3n) is 1.35. The van der Waals surface area contributed by atoms with Crippen LogP contribution in [-0.4, -0.2) is 12.8 Å². The van der Waals surface area contributed by atoms with Crippen molar-refractivity contribution < 1.29 is 0 Å². The van der Waals surface area contributed by atoms with E-state index in [4.69, 9.17) is 0 Å². The van der Waals surface area contributed by atoms with Gasteiger partial charge in [-0.1, -0.05) is 0 Å². The zero-order chi connectivity index (χ0) is 6.10. The zero-order valence-corrected chi connectivity index (χ0v) is 4.89. The monoisotopic (exact) mass is 121 g/mol. The molecule has 0 fully saturated rings. The molecule has 0 aliphatic carbocycles. The summed E-state index contributed by atoms with van der Waals surface area (Å²) in [5.41, 5.74) is 8.10. The fraction of sp³-hybridized carbons (Fsp3) is 0.167. The lowest BCUT2D eigenvalue weighted by atomic mass is 10.3. The van der Waals surface area contributed by atoms with E-state index in [1.807, 2.05) is 12.2 Å². The Morgan fingerprint density at radius 2 is 2.56 bits per heavy atom. The number of hydrazine groups is 1. The Hall–Kier alpha value is -1.09. The van der Waals surface area contributed by atoms with Gasteiger partial charge >= 0.3 is 0 Å². The molecule has 0 aromatic heterocycles. The molecular formula is C6H7N3. The van der Waals surface area contributed by atoms with E-state index in [2.05, 4.69) is 15.8 Å². The van der Waals surface area contributed by atoms with Gasteiger partial charge in [0.25, 0.3) is 0 Å². The van der Waals surface area contributed by atoms with Gasteiger partial charge in [0.1, 0.15) is 0 Å². The molecule has 9 heavy (non-hydrogen) atoms. The first kappa shape index (κ1) is 4.76. The lowest BCUT2D eigenvalue weighted by molar-refractivity contribution is 0.632. The van der Waals surface area contributed by atoms with Crippen LogP contribution >= 0.6 is 0 Å². The quantitative estimate of drug-likeness (QED) is 0.471. The van der Waals surface area contributed by atoms with Gasteiger partial charge in [-0.15, -0.1) is 0 Å². The number of nitrogens with zero attached hydrogens (tertiary/aromatic N) is 1. The van der Waals surface area contributed by atoms with Crippen LogP contribution in [0.15, 0.2) is 28.5 Å². The Labute approximate surface area is 53.1 Å². The normalized spacial score (nSPS) is 22.2. The van der Waals surface area contributed by atoms with Crippen molar-refractivity contribution >= 4 is 6.21 Å². The molecule has 0 radical (unpaired) electrons. The second-order valence-electron chi connectivity index (χ2n) is 1.95. The smallest absolute Gasteiger partial charge is 0.0848 e. The van der Waals surface area contributed by atoms with Gasteiger partial charge in [0.2, 0.25) is 0 Å². The van der Waals surface area contributed by atoms with Gasteiger partial charge in [0, 0.05) is 12.8 Å². The number of nitrogens with one attached hydrogen (secondary N) is 2. The van der Waals surface area contributed by atoms with Gasteiger partial charge < -0.3 is 5.43 Å². The minimum absolute atomic E-state index is 0.851. The molecule has 0 bridgehead atoms. The SMILES string of the molecule is C1=NC2=CCNNC2=C1. The van der Waals surface area contributed by atoms with Crippen LogP contribution in [0.4, 0.5) is 0 Å². The summed E-state index contributed by atoms with van der Waals surface area (Å²) in [4.78, 5) is 4.10. The number of hydrogen-bond donors (Lipinski definition) is 2. The highest BCUT2D eigenvalue weighted by molar-refractivity contribution is 5.79. The first-order valence-electron chi connectivity index (χ1n) is 2.90. The number of rotatable bonds is 0. The van der Waals surface area contributed by atoms with Crippen molar-refractivity contribution in [2.24, 2.45) is 4.99 Å². The zero-order valence-electron chi connectivity index (χ0n) is 4.89. The van der Waals surface area contributed by atoms with Crippen LogP contribution in [0.3, 0.4) is 0 Å². The Morgan fingerprint density at radius 1 is 1.56 bits per heavy atom. The molecule has 0 aromatic rings. The second kappa shape index (κ2) is 1.70. The predicted molar refractivity (Wildman–Crippen MR) is 35.8 cm³/mol. The maximum absolute atomic E-state index is 4.10. The van der Waals surface area contributed by atoms with Gasteiger partial charge in [0.15, 0.2) is 0 Å². The molecule has 3 nitrogen and oxygen atoms in total. The van der Waals surface area contributed by atoms with Crippen LogP contribution < -0.4 is 10.9 Å². The van der Waals surface area contributed by atoms with E-state index in [-0.39, 0.29) is 0 Å². The van der Waals surface area contributed by atoms with Crippen molar-refractivity contribution in [3.8, 4) is 0 Å². The van der Waals surface area contributed by atoms with E-state index in [0.29, 0.717) is 0 Å². The summed E-state index contributed by atoms with van der Waals surface area (Å²) >= 11 is 0. The fourth-order valence-corrected chi connectivity index (χ4v) is 0.909. The minimum atomic E-state index is 0.851. The molecule has 3 heteroatoms. The van der Waals surface area contributed by atoms with Crippen molar-refractivity contribution in [3.05, 3.63) is 23.5 Å². The molecule has 0 unspecified atom stereocenters. The summed E-state index contributed by atoms with van der Waals surface area (Å²) in [5.74, 6) is 0. The van der Waals surface area contributed by atoms with Crippen molar-refractivity contribution in [3.63, 3.8) is 0 Å². The van der Waals surface area contributed by atoms with E-state index in [1.165, 1.54) is 0 Å². The molecule has 0 atom stereocenters.